The number of anilines is 1. The molecule has 0 aromatic heterocycles. The van der Waals surface area contributed by atoms with Gasteiger partial charge in [0.25, 0.3) is 0 Å². The van der Waals surface area contributed by atoms with Crippen LogP contribution in [0.4, 0.5) is 15.3 Å². The number of hydrogen-bond acceptors (Lipinski definition) is 17. The molecule has 1 unspecified atom stereocenters. The number of carbonyl (C=O) groups is 6. The number of nitrogens with one attached hydrogen (secondary N) is 3. The van der Waals surface area contributed by atoms with Gasteiger partial charge in [0.1, 0.15) is 46.8 Å². The van der Waals surface area contributed by atoms with Crippen molar-refractivity contribution in [3.05, 3.63) is 58.7 Å². The number of likely N-dealkylation sites (N-methyl/N-ethyl adjacent to an activating group) is 1. The summed E-state index contributed by atoms with van der Waals surface area (Å²) in [6.45, 7) is 10.1. The molecule has 4 bridgehead atoms. The van der Waals surface area contributed by atoms with E-state index >= 15 is 0 Å². The highest BCUT2D eigenvalue weighted by Gasteiger charge is 2.64. The zero-order valence-corrected chi connectivity index (χ0v) is 47.9. The van der Waals surface area contributed by atoms with Crippen molar-refractivity contribution in [1.29, 1.82) is 0 Å². The first kappa shape index (κ1) is 64.5. The molecule has 1 aliphatic carbocycles. The van der Waals surface area contributed by atoms with Crippen LogP contribution in [0.2, 0.25) is 5.02 Å². The molecule has 2 saturated heterocycles. The van der Waals surface area contributed by atoms with Crippen LogP contribution in [-0.4, -0.2) is 188 Å². The van der Waals surface area contributed by atoms with Gasteiger partial charge in [-0.3, -0.25) is 19.7 Å². The Morgan fingerprint density at radius 2 is 1.62 bits per heavy atom. The van der Waals surface area contributed by atoms with Gasteiger partial charge in [-0.2, -0.15) is 0 Å². The van der Waals surface area contributed by atoms with Crippen molar-refractivity contribution in [2.45, 2.75) is 146 Å². The van der Waals surface area contributed by atoms with Crippen LogP contribution in [0.1, 0.15) is 97.5 Å². The summed E-state index contributed by atoms with van der Waals surface area (Å²) in [6, 6.07) is 2.46. The van der Waals surface area contributed by atoms with E-state index in [-0.39, 0.29) is 68.4 Å². The maximum atomic E-state index is 14.3. The van der Waals surface area contributed by atoms with E-state index in [0.29, 0.717) is 70.5 Å². The zero-order valence-electron chi connectivity index (χ0n) is 47.2. The molecule has 3 heterocycles. The number of fused-ring (bicyclic) bond motifs is 5. The third-order valence-corrected chi connectivity index (χ3v) is 14.9. The Balaban J connectivity index is 1.03. The average Bonchev–Trinajstić information content (AvgIpc) is 4.34. The van der Waals surface area contributed by atoms with Gasteiger partial charge < -0.3 is 72.9 Å². The lowest BCUT2D eigenvalue weighted by molar-refractivity contribution is -0.162. The van der Waals surface area contributed by atoms with Crippen molar-refractivity contribution in [3.8, 4) is 5.75 Å². The van der Waals surface area contributed by atoms with Crippen molar-refractivity contribution in [2.75, 3.05) is 99.2 Å². The minimum absolute atomic E-state index is 0.0140. The Kier molecular flexibility index (Phi) is 26.3. The van der Waals surface area contributed by atoms with Gasteiger partial charge in [0.05, 0.1) is 78.2 Å². The first-order chi connectivity index (χ1) is 37.8. The minimum atomic E-state index is -1.87. The van der Waals surface area contributed by atoms with Crippen LogP contribution in [0.15, 0.2) is 48.1 Å². The van der Waals surface area contributed by atoms with Crippen LogP contribution in [0.5, 0.6) is 5.75 Å². The van der Waals surface area contributed by atoms with E-state index in [1.165, 1.54) is 38.0 Å². The predicted octanol–water partition coefficient (Wildman–Crippen LogP) is 5.48. The van der Waals surface area contributed by atoms with E-state index in [0.717, 1.165) is 43.2 Å². The first-order valence-corrected chi connectivity index (χ1v) is 27.7. The van der Waals surface area contributed by atoms with Gasteiger partial charge in [-0.1, -0.05) is 54.5 Å². The molecule has 23 heteroatoms. The molecule has 22 nitrogen and oxygen atoms in total. The SMILES string of the molecule is COc1cc2cc(c1Cl)N(C)C(=O)C[C@H](OC(=O)[C@H](C)N(C)C(=O)CCCNC(=O)CCOCCOCCOCCOCCNC(=O)OC1CC/C=C/CCC1)[C@@]1(C)O[C@H]1[C@H](C)[C@@H]1C[C@@](O)(NC(=O)O1)[C@H](OC)/C=C/C=C(\C)C2. The minimum Gasteiger partial charge on any atom is -0.495 e. The lowest BCUT2D eigenvalue weighted by Crippen LogP contribution is -2.63. The third-order valence-electron chi connectivity index (χ3n) is 14.5. The number of halogens is 1. The highest BCUT2D eigenvalue weighted by atomic mass is 35.5. The summed E-state index contributed by atoms with van der Waals surface area (Å²) in [5.41, 5.74) is -1.12. The summed E-state index contributed by atoms with van der Waals surface area (Å²) in [6.07, 6.45) is 9.43. The maximum Gasteiger partial charge on any atom is 0.409 e. The fraction of sp³-hybridized carbons (Fsp3) is 0.679. The molecule has 4 aliphatic rings. The molecular formula is C56H84ClN5O17. The Morgan fingerprint density at radius 1 is 0.937 bits per heavy atom. The summed E-state index contributed by atoms with van der Waals surface area (Å²) >= 11 is 6.81. The molecule has 5 amide bonds. The lowest BCUT2D eigenvalue weighted by Gasteiger charge is -2.42. The quantitative estimate of drug-likeness (QED) is 0.0311. The van der Waals surface area contributed by atoms with Gasteiger partial charge in [0.15, 0.2) is 5.72 Å². The van der Waals surface area contributed by atoms with Gasteiger partial charge in [0.2, 0.25) is 17.7 Å². The van der Waals surface area contributed by atoms with Gasteiger partial charge in [-0.15, -0.1) is 0 Å². The van der Waals surface area contributed by atoms with Crippen molar-refractivity contribution >= 4 is 53.2 Å². The molecule has 1 aromatic rings. The summed E-state index contributed by atoms with van der Waals surface area (Å²) < 4.78 is 57.0. The summed E-state index contributed by atoms with van der Waals surface area (Å²) in [7, 11) is 5.92. The van der Waals surface area contributed by atoms with Crippen LogP contribution in [0, 0.1) is 5.92 Å². The number of carbonyl (C=O) groups excluding carboxylic acids is 6. The van der Waals surface area contributed by atoms with Crippen molar-refractivity contribution in [1.82, 2.24) is 20.9 Å². The number of esters is 1. The fourth-order valence-electron chi connectivity index (χ4n) is 9.54. The van der Waals surface area contributed by atoms with Crippen LogP contribution in [-0.2, 0) is 68.2 Å². The number of alkyl carbamates (subject to hydrolysis) is 2. The third kappa shape index (κ3) is 20.0. The topological polar surface area (TPSA) is 261 Å². The number of rotatable bonds is 25. The van der Waals surface area contributed by atoms with E-state index in [1.807, 2.05) is 13.0 Å². The number of benzene rings is 1. The van der Waals surface area contributed by atoms with Gasteiger partial charge >= 0.3 is 18.2 Å². The molecule has 5 rings (SSSR count). The number of allylic oxidation sites excluding steroid dienone is 5. The summed E-state index contributed by atoms with van der Waals surface area (Å²) in [5.74, 6) is -2.14. The molecule has 9 atom stereocenters. The van der Waals surface area contributed by atoms with E-state index in [1.54, 1.807) is 45.2 Å². The lowest BCUT2D eigenvalue weighted by atomic mass is 9.83. The first-order valence-electron chi connectivity index (χ1n) is 27.3. The van der Waals surface area contributed by atoms with Crippen LogP contribution in [0.25, 0.3) is 0 Å². The fourth-order valence-corrected chi connectivity index (χ4v) is 9.85. The van der Waals surface area contributed by atoms with E-state index < -0.39 is 71.8 Å². The number of epoxide rings is 1. The average molecular weight is 1130 g/mol. The zero-order chi connectivity index (χ0) is 57.5. The molecule has 442 valence electrons. The second-order valence-electron chi connectivity index (χ2n) is 20.5. The monoisotopic (exact) mass is 1130 g/mol. The number of amides is 5. The molecule has 79 heavy (non-hydrogen) atoms. The highest BCUT2D eigenvalue weighted by molar-refractivity contribution is 6.35. The number of hydrogen-bond donors (Lipinski definition) is 4. The van der Waals surface area contributed by atoms with Gasteiger partial charge in [0, 0.05) is 59.5 Å². The molecule has 3 aliphatic heterocycles. The van der Waals surface area contributed by atoms with Gasteiger partial charge in [-0.05, 0) is 83.4 Å². The maximum absolute atomic E-state index is 14.3. The Labute approximate surface area is 469 Å². The molecule has 1 aromatic carbocycles. The second kappa shape index (κ2) is 32.2. The highest BCUT2D eigenvalue weighted by Crippen LogP contribution is 2.49. The second-order valence-corrected chi connectivity index (χ2v) is 20.9. The number of aliphatic hydroxyl groups is 1. The Bertz CT molecular complexity index is 2290. The molecule has 0 saturated carbocycles. The Hall–Kier alpha value is -5.33. The van der Waals surface area contributed by atoms with Crippen LogP contribution >= 0.6 is 11.6 Å². The molecular weight excluding hydrogens is 1050 g/mol. The van der Waals surface area contributed by atoms with Gasteiger partial charge in [-0.25, -0.2) is 14.4 Å². The number of nitrogens with zero attached hydrogens (tertiary/aromatic N) is 2. The van der Waals surface area contributed by atoms with Crippen molar-refractivity contribution in [3.63, 3.8) is 0 Å². The van der Waals surface area contributed by atoms with Crippen molar-refractivity contribution in [2.24, 2.45) is 5.92 Å². The Morgan fingerprint density at radius 3 is 2.32 bits per heavy atom. The van der Waals surface area contributed by atoms with Crippen LogP contribution < -0.4 is 25.6 Å². The molecule has 0 spiro atoms. The largest absolute Gasteiger partial charge is 0.495 e. The van der Waals surface area contributed by atoms with Crippen LogP contribution in [0.3, 0.4) is 0 Å². The van der Waals surface area contributed by atoms with Crippen molar-refractivity contribution < 1.29 is 81.2 Å². The number of ether oxygens (including phenoxy) is 10. The predicted molar refractivity (Wildman–Crippen MR) is 292 cm³/mol. The molecule has 2 fully saturated rings. The van der Waals surface area contributed by atoms with E-state index in [4.69, 9.17) is 59.0 Å². The standard InChI is InChI=1S/C56H84ClN5O17/c1-37-16-14-19-45(71-8)56(69)36-44(77-54(68)60-56)38(2)51-55(4,79-51)46(35-49(65)62(6)42-33-40(32-37)34-43(70-7)50(42)57)78-52(66)39(3)61(5)48(64)20-15-22-58-47(63)21-24-72-26-28-74-30-31-75-29-27-73-25-23-59-53(67)76-41-17-12-10-9-11-13-18-41/h9-10,14,16,19,33-34,38-39,41,44-46,51,69H,11-13,15,17-18,20-32,35-36H2,1-8H3,(H,58,63)(H,59,67)(H,60,68)/b10-9+,19-14+,37-16+/t38-,39+,41?,44+,45-,46+,51+,55-,56+/m1/s1. The summed E-state index contributed by atoms with van der Waals surface area (Å²) in [5, 5.41) is 20.0. The van der Waals surface area contributed by atoms with E-state index in [9.17, 15) is 33.9 Å². The molecule has 0 radical (unpaired) electrons. The smallest absolute Gasteiger partial charge is 0.409 e. The normalized spacial score (nSPS) is 27.2. The molecule has 4 N–H and O–H groups in total. The summed E-state index contributed by atoms with van der Waals surface area (Å²) in [4.78, 5) is 81.8. The van der Waals surface area contributed by atoms with E-state index in [2.05, 4.69) is 28.1 Å². The number of methoxy groups -OCH3 is 2.